The smallest absolute Gasteiger partial charge is 0.228 e. The Morgan fingerprint density at radius 2 is 1.74 bits per heavy atom. The van der Waals surface area contributed by atoms with E-state index >= 15 is 0 Å². The van der Waals surface area contributed by atoms with E-state index in [9.17, 15) is 0 Å². The van der Waals surface area contributed by atoms with Gasteiger partial charge in [0.05, 0.1) is 23.6 Å². The Morgan fingerprint density at radius 3 is 2.48 bits per heavy atom. The second-order valence-corrected chi connectivity index (χ2v) is 8.67. The van der Waals surface area contributed by atoms with Gasteiger partial charge in [0.15, 0.2) is 0 Å². The highest BCUT2D eigenvalue weighted by molar-refractivity contribution is 6.03. The molecule has 160 valence electrons. The molecule has 8 heteroatoms. The van der Waals surface area contributed by atoms with E-state index in [0.717, 1.165) is 66.0 Å². The Bertz CT molecular complexity index is 1190. The number of likely N-dealkylation sites (N-methyl/N-ethyl adjacent to an activating group) is 1. The second-order valence-electron chi connectivity index (χ2n) is 8.67. The zero-order chi connectivity index (χ0) is 21.4. The molecule has 0 saturated carbocycles. The van der Waals surface area contributed by atoms with Crippen LogP contribution in [0.5, 0.6) is 0 Å². The first-order valence-corrected chi connectivity index (χ1v) is 10.8. The van der Waals surface area contributed by atoms with Gasteiger partial charge in [0.2, 0.25) is 5.95 Å². The predicted octanol–water partition coefficient (Wildman–Crippen LogP) is 3.53. The Balaban J connectivity index is 1.41. The summed E-state index contributed by atoms with van der Waals surface area (Å²) in [7, 11) is 2.16. The van der Waals surface area contributed by atoms with Crippen LogP contribution in [0.2, 0.25) is 0 Å². The number of aromatic nitrogens is 5. The van der Waals surface area contributed by atoms with E-state index in [-0.39, 0.29) is 0 Å². The normalized spacial score (nSPS) is 15.3. The van der Waals surface area contributed by atoms with Gasteiger partial charge in [-0.3, -0.25) is 4.68 Å². The minimum absolute atomic E-state index is 0.501. The van der Waals surface area contributed by atoms with E-state index in [1.807, 2.05) is 35.4 Å². The molecule has 1 aliphatic heterocycles. The van der Waals surface area contributed by atoms with E-state index in [1.54, 1.807) is 0 Å². The molecule has 0 amide bonds. The molecule has 0 atom stereocenters. The van der Waals surface area contributed by atoms with Crippen molar-refractivity contribution in [2.45, 2.75) is 20.4 Å². The van der Waals surface area contributed by atoms with Crippen molar-refractivity contribution in [1.82, 2.24) is 29.6 Å². The van der Waals surface area contributed by atoms with Crippen molar-refractivity contribution >= 4 is 39.3 Å². The Morgan fingerprint density at radius 1 is 0.935 bits per heavy atom. The summed E-state index contributed by atoms with van der Waals surface area (Å²) in [6.45, 7) is 9.44. The molecule has 0 bridgehead atoms. The summed E-state index contributed by atoms with van der Waals surface area (Å²) < 4.78 is 2.04. The Hall–Kier alpha value is -3.26. The molecule has 1 aromatic carbocycles. The minimum atomic E-state index is 0.501. The molecule has 0 spiro atoms. The summed E-state index contributed by atoms with van der Waals surface area (Å²) >= 11 is 0. The van der Waals surface area contributed by atoms with Crippen LogP contribution in [0.3, 0.4) is 0 Å². The zero-order valence-corrected chi connectivity index (χ0v) is 18.3. The first-order valence-electron chi connectivity index (χ1n) is 10.8. The predicted molar refractivity (Wildman–Crippen MR) is 125 cm³/mol. The number of hydrogen-bond donors (Lipinski definition) is 1. The second kappa shape index (κ2) is 8.11. The molecule has 0 unspecified atom stereocenters. The number of rotatable bonds is 5. The molecule has 8 nitrogen and oxygen atoms in total. The van der Waals surface area contributed by atoms with Gasteiger partial charge in [-0.05, 0) is 25.1 Å². The Kier molecular flexibility index (Phi) is 5.15. The molecule has 1 aliphatic rings. The van der Waals surface area contributed by atoms with Gasteiger partial charge in [-0.1, -0.05) is 26.0 Å². The number of benzene rings is 1. The molecule has 0 radical (unpaired) electrons. The van der Waals surface area contributed by atoms with Gasteiger partial charge in [0.1, 0.15) is 11.3 Å². The molecule has 4 heterocycles. The molecule has 1 N–H and O–H groups in total. The number of piperazine rings is 1. The number of hydrogen-bond acceptors (Lipinski definition) is 7. The van der Waals surface area contributed by atoms with E-state index in [1.165, 1.54) is 0 Å². The molecule has 3 aromatic heterocycles. The molecule has 1 fully saturated rings. The molecule has 5 rings (SSSR count). The van der Waals surface area contributed by atoms with E-state index in [2.05, 4.69) is 63.2 Å². The maximum atomic E-state index is 4.82. The molecule has 4 aromatic rings. The highest BCUT2D eigenvalue weighted by atomic mass is 15.3. The summed E-state index contributed by atoms with van der Waals surface area (Å²) in [5.74, 6) is 1.78. The lowest BCUT2D eigenvalue weighted by Gasteiger charge is -2.33. The number of pyridine rings is 1. The minimum Gasteiger partial charge on any atom is -0.368 e. The maximum Gasteiger partial charge on any atom is 0.228 e. The molecule has 31 heavy (non-hydrogen) atoms. The van der Waals surface area contributed by atoms with Crippen LogP contribution in [-0.4, -0.2) is 62.9 Å². The third-order valence-corrected chi connectivity index (χ3v) is 5.75. The van der Waals surface area contributed by atoms with E-state index < -0.39 is 0 Å². The largest absolute Gasteiger partial charge is 0.368 e. The summed E-state index contributed by atoms with van der Waals surface area (Å²) in [5, 5.41) is 9.93. The van der Waals surface area contributed by atoms with Crippen LogP contribution in [0, 0.1) is 5.92 Å². The number of nitrogens with one attached hydrogen (secondary N) is 1. The lowest BCUT2D eigenvalue weighted by Crippen LogP contribution is -2.44. The monoisotopic (exact) mass is 416 g/mol. The van der Waals surface area contributed by atoms with Crippen LogP contribution in [0.15, 0.2) is 42.9 Å². The third kappa shape index (κ3) is 4.03. The fourth-order valence-corrected chi connectivity index (χ4v) is 4.03. The maximum absolute atomic E-state index is 4.82. The van der Waals surface area contributed by atoms with Crippen molar-refractivity contribution in [1.29, 1.82) is 0 Å². The van der Waals surface area contributed by atoms with Crippen LogP contribution in [0.4, 0.5) is 17.5 Å². The molecule has 0 aliphatic carbocycles. The van der Waals surface area contributed by atoms with Crippen molar-refractivity contribution in [2.75, 3.05) is 43.4 Å². The summed E-state index contributed by atoms with van der Waals surface area (Å²) in [5.41, 5.74) is 3.11. The highest BCUT2D eigenvalue weighted by Gasteiger charge is 2.15. The van der Waals surface area contributed by atoms with Crippen molar-refractivity contribution in [3.63, 3.8) is 0 Å². The topological polar surface area (TPSA) is 75.0 Å². The van der Waals surface area contributed by atoms with Crippen molar-refractivity contribution in [3.8, 4) is 0 Å². The molecular weight excluding hydrogens is 388 g/mol. The van der Waals surface area contributed by atoms with Crippen molar-refractivity contribution in [2.24, 2.45) is 5.92 Å². The summed E-state index contributed by atoms with van der Waals surface area (Å²) in [6.07, 6.45) is 5.69. The zero-order valence-electron chi connectivity index (χ0n) is 18.3. The molecular formula is C23H28N8. The van der Waals surface area contributed by atoms with Crippen LogP contribution in [0.1, 0.15) is 13.8 Å². The van der Waals surface area contributed by atoms with Gasteiger partial charge >= 0.3 is 0 Å². The Labute approximate surface area is 181 Å². The van der Waals surface area contributed by atoms with Crippen LogP contribution >= 0.6 is 0 Å². The van der Waals surface area contributed by atoms with Gasteiger partial charge in [-0.2, -0.15) is 5.10 Å². The number of fused-ring (bicyclic) bond motifs is 3. The first kappa shape index (κ1) is 19.7. The number of anilines is 3. The SMILES string of the molecule is CC(C)Cn1ncc2ccc3cnc(Nc4ccc(N5CCN(C)CC5)cn4)nc3c21. The van der Waals surface area contributed by atoms with Gasteiger partial charge in [-0.15, -0.1) is 0 Å². The lowest BCUT2D eigenvalue weighted by atomic mass is 10.1. The average Bonchev–Trinajstić information content (AvgIpc) is 3.17. The van der Waals surface area contributed by atoms with Gasteiger partial charge < -0.3 is 15.1 Å². The van der Waals surface area contributed by atoms with E-state index in [4.69, 9.17) is 4.98 Å². The van der Waals surface area contributed by atoms with Gasteiger partial charge in [-0.25, -0.2) is 15.0 Å². The van der Waals surface area contributed by atoms with Gasteiger partial charge in [0, 0.05) is 49.7 Å². The average molecular weight is 417 g/mol. The van der Waals surface area contributed by atoms with Crippen LogP contribution < -0.4 is 10.2 Å². The van der Waals surface area contributed by atoms with Crippen molar-refractivity contribution < 1.29 is 0 Å². The van der Waals surface area contributed by atoms with Crippen LogP contribution in [0.25, 0.3) is 21.8 Å². The standard InChI is InChI=1S/C23H28N8/c1-16(2)15-31-22-18(13-26-31)5-4-17-12-25-23(28-21(17)22)27-20-7-6-19(14-24-20)30-10-8-29(3)9-11-30/h4-7,12-14,16H,8-11,15H2,1-3H3,(H,24,25,27,28). The fourth-order valence-electron chi connectivity index (χ4n) is 4.03. The van der Waals surface area contributed by atoms with Gasteiger partial charge in [0.25, 0.3) is 0 Å². The summed E-state index contributed by atoms with van der Waals surface area (Å²) in [4.78, 5) is 18.6. The summed E-state index contributed by atoms with van der Waals surface area (Å²) in [6, 6.07) is 8.23. The lowest BCUT2D eigenvalue weighted by molar-refractivity contribution is 0.313. The highest BCUT2D eigenvalue weighted by Crippen LogP contribution is 2.26. The fraction of sp³-hybridized carbons (Fsp3) is 0.391. The third-order valence-electron chi connectivity index (χ3n) is 5.75. The quantitative estimate of drug-likeness (QED) is 0.533. The van der Waals surface area contributed by atoms with E-state index in [0.29, 0.717) is 11.9 Å². The molecule has 1 saturated heterocycles. The van der Waals surface area contributed by atoms with Crippen LogP contribution in [-0.2, 0) is 6.54 Å². The van der Waals surface area contributed by atoms with Crippen molar-refractivity contribution in [3.05, 3.63) is 42.9 Å². The number of nitrogens with zero attached hydrogens (tertiary/aromatic N) is 7. The first-order chi connectivity index (χ1) is 15.1.